The number of carbonyl (C=O) groups excluding carboxylic acids is 3. The van der Waals surface area contributed by atoms with Crippen LogP contribution in [0.5, 0.6) is 0 Å². The van der Waals surface area contributed by atoms with E-state index in [1.807, 2.05) is 0 Å². The van der Waals surface area contributed by atoms with E-state index in [9.17, 15) is 29.1 Å². The molecular formula is C29H36N8O7. The number of anilines is 2. The number of ether oxygens (including phenoxy) is 1. The Hall–Kier alpha value is -5.08. The number of fused-ring (bicyclic) bond motifs is 1. The van der Waals surface area contributed by atoms with Crippen molar-refractivity contribution in [1.29, 1.82) is 0 Å². The van der Waals surface area contributed by atoms with Crippen molar-refractivity contribution in [3.63, 3.8) is 0 Å². The maximum absolute atomic E-state index is 12.8. The van der Waals surface area contributed by atoms with E-state index in [1.54, 1.807) is 37.8 Å². The summed E-state index contributed by atoms with van der Waals surface area (Å²) in [7, 11) is 0. The fourth-order valence-electron chi connectivity index (χ4n) is 4.69. The van der Waals surface area contributed by atoms with Gasteiger partial charge in [0.2, 0.25) is 5.95 Å². The summed E-state index contributed by atoms with van der Waals surface area (Å²) in [5.74, 6) is -2.25. The summed E-state index contributed by atoms with van der Waals surface area (Å²) in [5.41, 5.74) is 5.97. The molecule has 15 nitrogen and oxygen atoms in total. The van der Waals surface area contributed by atoms with Crippen molar-refractivity contribution in [2.75, 3.05) is 24.1 Å². The molecule has 3 aromatic rings. The lowest BCUT2D eigenvalue weighted by Crippen LogP contribution is -2.43. The smallest absolute Gasteiger partial charge is 0.410 e. The van der Waals surface area contributed by atoms with Crippen LogP contribution in [0.3, 0.4) is 0 Å². The second kappa shape index (κ2) is 13.5. The van der Waals surface area contributed by atoms with Crippen molar-refractivity contribution < 1.29 is 29.0 Å². The van der Waals surface area contributed by atoms with Crippen molar-refractivity contribution in [3.05, 3.63) is 52.1 Å². The number of carboxylic acid groups (broad SMARTS) is 1. The van der Waals surface area contributed by atoms with Gasteiger partial charge in [0.05, 0.1) is 18.4 Å². The molecule has 1 aromatic carbocycles. The van der Waals surface area contributed by atoms with E-state index in [0.29, 0.717) is 37.3 Å². The molecule has 0 aliphatic carbocycles. The lowest BCUT2D eigenvalue weighted by atomic mass is 9.89. The highest BCUT2D eigenvalue weighted by molar-refractivity contribution is 5.97. The molecule has 2 aromatic heterocycles. The number of ketones is 1. The highest BCUT2D eigenvalue weighted by Gasteiger charge is 2.31. The molecule has 4 rings (SSSR count). The zero-order valence-electron chi connectivity index (χ0n) is 24.8. The molecule has 15 heteroatoms. The lowest BCUT2D eigenvalue weighted by molar-refractivity contribution is -0.139. The maximum Gasteiger partial charge on any atom is 0.410 e. The Kier molecular flexibility index (Phi) is 9.76. The Balaban J connectivity index is 1.25. The van der Waals surface area contributed by atoms with Gasteiger partial charge in [-0.05, 0) is 64.3 Å². The highest BCUT2D eigenvalue weighted by atomic mass is 16.6. The molecule has 0 unspecified atom stereocenters. The van der Waals surface area contributed by atoms with Gasteiger partial charge in [0, 0.05) is 36.7 Å². The fraction of sp³-hybridized carbons (Fsp3) is 0.448. The number of aromatic nitrogens is 4. The number of carbonyl (C=O) groups is 4. The third kappa shape index (κ3) is 8.49. The molecule has 1 atom stereocenters. The summed E-state index contributed by atoms with van der Waals surface area (Å²) in [6.07, 6.45) is 1.93. The molecule has 0 radical (unpaired) electrons. The molecule has 1 saturated heterocycles. The number of hydrogen-bond donors (Lipinski definition) is 5. The van der Waals surface area contributed by atoms with Crippen LogP contribution in [0.4, 0.5) is 16.4 Å². The molecule has 0 saturated carbocycles. The fourth-order valence-corrected chi connectivity index (χ4v) is 4.69. The minimum atomic E-state index is -1.24. The van der Waals surface area contributed by atoms with Gasteiger partial charge in [-0.1, -0.05) is 0 Å². The zero-order chi connectivity index (χ0) is 32.0. The van der Waals surface area contributed by atoms with E-state index < -0.39 is 35.2 Å². The zero-order valence-corrected chi connectivity index (χ0v) is 24.8. The first-order valence-electron chi connectivity index (χ1n) is 14.2. The lowest BCUT2D eigenvalue weighted by Gasteiger charge is -2.33. The first-order valence-corrected chi connectivity index (χ1v) is 14.2. The number of Topliss-reactive ketones (excluding diaryl/α,β-unsaturated/α-hetero) is 1. The van der Waals surface area contributed by atoms with E-state index >= 15 is 0 Å². The van der Waals surface area contributed by atoms with Crippen LogP contribution in [0.15, 0.2) is 35.3 Å². The van der Waals surface area contributed by atoms with Gasteiger partial charge in [-0.3, -0.25) is 19.4 Å². The molecule has 1 aliphatic heterocycles. The second-order valence-corrected chi connectivity index (χ2v) is 11.5. The van der Waals surface area contributed by atoms with Crippen molar-refractivity contribution in [2.24, 2.45) is 5.92 Å². The van der Waals surface area contributed by atoms with Gasteiger partial charge < -0.3 is 31.1 Å². The van der Waals surface area contributed by atoms with Crippen molar-refractivity contribution in [2.45, 2.75) is 64.6 Å². The number of carboxylic acids is 1. The van der Waals surface area contributed by atoms with Crippen LogP contribution in [-0.4, -0.2) is 78.4 Å². The van der Waals surface area contributed by atoms with E-state index in [-0.39, 0.29) is 53.8 Å². The number of nitrogens with two attached hydrogens (primary N) is 1. The summed E-state index contributed by atoms with van der Waals surface area (Å²) in [6, 6.07) is 5.10. The molecule has 1 fully saturated rings. The Morgan fingerprint density at radius 1 is 1.14 bits per heavy atom. The number of aliphatic carboxylic acids is 1. The first-order chi connectivity index (χ1) is 20.8. The monoisotopic (exact) mass is 608 g/mol. The number of amides is 2. The standard InChI is InChI=1S/C29H36N8O7/c1-29(2,3)44-28(43)37-12-10-16(11-13-37)21(38)9-8-20(26(41)42)34-24(39)17-4-6-18(7-5-17)31-14-19-15-32-23-22(33-19)25(40)36-27(30)35-23/h4-7,15-16,20,31H,8-14H2,1-3H3,(H,34,39)(H,41,42)(H3,30,32,35,36,40)/t20-/m0/s1. The Labute approximate surface area is 252 Å². The number of nitrogens with one attached hydrogen (secondary N) is 3. The molecule has 0 bridgehead atoms. The second-order valence-electron chi connectivity index (χ2n) is 11.5. The minimum Gasteiger partial charge on any atom is -0.480 e. The van der Waals surface area contributed by atoms with Crippen molar-refractivity contribution in [1.82, 2.24) is 30.2 Å². The van der Waals surface area contributed by atoms with Crippen LogP contribution in [0.25, 0.3) is 11.2 Å². The largest absolute Gasteiger partial charge is 0.480 e. The number of rotatable bonds is 10. The van der Waals surface area contributed by atoms with Crippen LogP contribution in [0.1, 0.15) is 62.5 Å². The molecule has 0 spiro atoms. The normalized spacial score (nSPS) is 14.6. The van der Waals surface area contributed by atoms with Crippen molar-refractivity contribution >= 4 is 46.6 Å². The van der Waals surface area contributed by atoms with E-state index in [0.717, 1.165) is 0 Å². The average Bonchev–Trinajstić information content (AvgIpc) is 2.97. The summed E-state index contributed by atoms with van der Waals surface area (Å²) in [6.45, 7) is 6.37. The third-order valence-corrected chi connectivity index (χ3v) is 6.99. The Morgan fingerprint density at radius 2 is 1.82 bits per heavy atom. The van der Waals surface area contributed by atoms with Crippen LogP contribution >= 0.6 is 0 Å². The number of likely N-dealkylation sites (tertiary alicyclic amines) is 1. The summed E-state index contributed by atoms with van der Waals surface area (Å²) in [5, 5.41) is 15.3. The van der Waals surface area contributed by atoms with Gasteiger partial charge >= 0.3 is 12.1 Å². The van der Waals surface area contributed by atoms with Crippen LogP contribution in [0, 0.1) is 5.92 Å². The third-order valence-electron chi connectivity index (χ3n) is 6.99. The Morgan fingerprint density at radius 3 is 2.45 bits per heavy atom. The SMILES string of the molecule is CC(C)(C)OC(=O)N1CCC(C(=O)CC[C@H](NC(=O)c2ccc(NCc3cnc4nc(N)[nH]c(=O)c4n3)cc2)C(=O)O)CC1. The molecule has 2 amide bonds. The van der Waals surface area contributed by atoms with Crippen LogP contribution in [0.2, 0.25) is 0 Å². The van der Waals surface area contributed by atoms with Crippen LogP contribution in [-0.2, 0) is 20.9 Å². The van der Waals surface area contributed by atoms with Gasteiger partial charge in [-0.15, -0.1) is 0 Å². The predicted molar refractivity (Wildman–Crippen MR) is 160 cm³/mol. The Bertz CT molecular complexity index is 1590. The number of piperidine rings is 1. The molecule has 6 N–H and O–H groups in total. The number of nitrogen functional groups attached to an aromatic ring is 1. The molecular weight excluding hydrogens is 572 g/mol. The molecule has 234 valence electrons. The van der Waals surface area contributed by atoms with Gasteiger partial charge in [-0.2, -0.15) is 4.98 Å². The minimum absolute atomic E-state index is 0.00973. The number of hydrogen-bond acceptors (Lipinski definition) is 11. The van der Waals surface area contributed by atoms with Gasteiger partial charge in [-0.25, -0.2) is 19.6 Å². The number of aromatic amines is 1. The van der Waals surface area contributed by atoms with Crippen molar-refractivity contribution in [3.8, 4) is 0 Å². The van der Waals surface area contributed by atoms with Gasteiger partial charge in [0.15, 0.2) is 11.2 Å². The molecule has 1 aliphatic rings. The van der Waals surface area contributed by atoms with E-state index in [1.165, 1.54) is 18.3 Å². The highest BCUT2D eigenvalue weighted by Crippen LogP contribution is 2.22. The summed E-state index contributed by atoms with van der Waals surface area (Å²) in [4.78, 5) is 78.0. The number of H-pyrrole nitrogens is 1. The van der Waals surface area contributed by atoms with Gasteiger partial charge in [0.25, 0.3) is 11.5 Å². The molecule has 44 heavy (non-hydrogen) atoms. The number of benzene rings is 1. The topological polar surface area (TPSA) is 223 Å². The molecule has 3 heterocycles. The van der Waals surface area contributed by atoms with Gasteiger partial charge in [0.1, 0.15) is 17.4 Å². The quantitative estimate of drug-likeness (QED) is 0.223. The first kappa shape index (κ1) is 31.8. The summed E-state index contributed by atoms with van der Waals surface area (Å²) >= 11 is 0. The summed E-state index contributed by atoms with van der Waals surface area (Å²) < 4.78 is 5.38. The van der Waals surface area contributed by atoms with E-state index in [4.69, 9.17) is 10.5 Å². The average molecular weight is 609 g/mol. The van der Waals surface area contributed by atoms with E-state index in [2.05, 4.69) is 30.6 Å². The number of nitrogens with zero attached hydrogens (tertiary/aromatic N) is 4. The van der Waals surface area contributed by atoms with Crippen LogP contribution < -0.4 is 21.9 Å². The predicted octanol–water partition coefficient (Wildman–Crippen LogP) is 2.09. The maximum atomic E-state index is 12.8.